The zero-order chi connectivity index (χ0) is 24.8. The highest BCUT2D eigenvalue weighted by Crippen LogP contribution is 2.29. The Morgan fingerprint density at radius 3 is 2.60 bits per heavy atom. The molecular formula is C22H27N7O6. The van der Waals surface area contributed by atoms with Crippen LogP contribution in [0, 0.1) is 0 Å². The third-order valence-corrected chi connectivity index (χ3v) is 5.60. The minimum absolute atomic E-state index is 0.0760. The minimum atomic E-state index is -0.992. The van der Waals surface area contributed by atoms with E-state index in [0.29, 0.717) is 57.4 Å². The van der Waals surface area contributed by atoms with E-state index < -0.39 is 29.7 Å². The second-order valence-corrected chi connectivity index (χ2v) is 8.05. The largest absolute Gasteiger partial charge is 0.379 e. The average molecular weight is 486 g/mol. The predicted octanol–water partition coefficient (Wildman–Crippen LogP) is -0.717. The number of nitrogens with one attached hydrogen (secondary N) is 2. The van der Waals surface area contributed by atoms with Crippen molar-refractivity contribution in [3.8, 4) is 0 Å². The lowest BCUT2D eigenvalue weighted by atomic mass is 10.0. The summed E-state index contributed by atoms with van der Waals surface area (Å²) in [6.07, 6.45) is 1.98. The molecule has 0 spiro atoms. The summed E-state index contributed by atoms with van der Waals surface area (Å²) in [5.41, 5.74) is 7.08. The first-order valence-corrected chi connectivity index (χ1v) is 11.3. The molecule has 2 aliphatic rings. The number of aromatic nitrogens is 3. The second kappa shape index (κ2) is 11.2. The molecule has 4 amide bonds. The lowest BCUT2D eigenvalue weighted by Gasteiger charge is -2.27. The second-order valence-electron chi connectivity index (χ2n) is 8.05. The first kappa shape index (κ1) is 24.4. The van der Waals surface area contributed by atoms with E-state index >= 15 is 0 Å². The third kappa shape index (κ3) is 5.70. The van der Waals surface area contributed by atoms with Gasteiger partial charge in [-0.25, -0.2) is 4.68 Å². The Labute approximate surface area is 200 Å². The maximum Gasteiger partial charge on any atom is 0.262 e. The Kier molecular flexibility index (Phi) is 7.80. The molecule has 4 N–H and O–H groups in total. The summed E-state index contributed by atoms with van der Waals surface area (Å²) in [5.74, 6) is -2.14. The number of carbonyl (C=O) groups excluding carboxylic acids is 4. The smallest absolute Gasteiger partial charge is 0.262 e. The van der Waals surface area contributed by atoms with E-state index in [1.165, 1.54) is 0 Å². The highest BCUT2D eigenvalue weighted by Gasteiger charge is 2.44. The normalized spacial score (nSPS) is 17.6. The van der Waals surface area contributed by atoms with Gasteiger partial charge >= 0.3 is 0 Å². The number of carbonyl (C=O) groups is 4. The summed E-state index contributed by atoms with van der Waals surface area (Å²) < 4.78 is 12.4. The molecule has 1 saturated heterocycles. The zero-order valence-corrected chi connectivity index (χ0v) is 19.1. The first-order chi connectivity index (χ1) is 17.0. The summed E-state index contributed by atoms with van der Waals surface area (Å²) in [6.45, 7) is 3.31. The molecule has 1 atom stereocenters. The molecule has 2 aromatic rings. The number of hydrogen-bond donors (Lipinski definition) is 3. The van der Waals surface area contributed by atoms with Gasteiger partial charge in [-0.1, -0.05) is 5.21 Å². The van der Waals surface area contributed by atoms with E-state index in [1.54, 1.807) is 29.1 Å². The molecule has 3 heterocycles. The fourth-order valence-corrected chi connectivity index (χ4v) is 3.87. The van der Waals surface area contributed by atoms with Crippen LogP contribution in [0.5, 0.6) is 0 Å². The van der Waals surface area contributed by atoms with Crippen LogP contribution < -0.4 is 16.4 Å². The summed E-state index contributed by atoms with van der Waals surface area (Å²) in [4.78, 5) is 50.2. The van der Waals surface area contributed by atoms with Crippen LogP contribution in [-0.4, -0.2) is 82.5 Å². The fourth-order valence-electron chi connectivity index (χ4n) is 3.87. The van der Waals surface area contributed by atoms with Gasteiger partial charge in [0.05, 0.1) is 56.8 Å². The van der Waals surface area contributed by atoms with Gasteiger partial charge in [0.15, 0.2) is 0 Å². The number of benzene rings is 1. The van der Waals surface area contributed by atoms with Crippen molar-refractivity contribution in [1.82, 2.24) is 25.2 Å². The van der Waals surface area contributed by atoms with Crippen LogP contribution in [0.15, 0.2) is 24.4 Å². The Hall–Kier alpha value is -3.68. The van der Waals surface area contributed by atoms with Crippen LogP contribution in [0.25, 0.3) is 0 Å². The van der Waals surface area contributed by atoms with E-state index in [-0.39, 0.29) is 24.0 Å². The number of amides is 4. The maximum atomic E-state index is 12.9. The van der Waals surface area contributed by atoms with Gasteiger partial charge in [-0.15, -0.1) is 5.10 Å². The van der Waals surface area contributed by atoms with Gasteiger partial charge in [0.1, 0.15) is 11.7 Å². The number of anilines is 1. The molecule has 13 nitrogen and oxygen atoms in total. The molecular weight excluding hydrogens is 458 g/mol. The molecule has 1 unspecified atom stereocenters. The Morgan fingerprint density at radius 2 is 1.83 bits per heavy atom. The topological polar surface area (TPSA) is 171 Å². The highest BCUT2D eigenvalue weighted by atomic mass is 16.5. The van der Waals surface area contributed by atoms with Crippen molar-refractivity contribution in [2.24, 2.45) is 5.73 Å². The number of fused-ring (bicyclic) bond motifs is 1. The number of nitrogens with two attached hydrogens (primary N) is 1. The molecule has 0 bridgehead atoms. The van der Waals surface area contributed by atoms with E-state index in [2.05, 4.69) is 20.9 Å². The van der Waals surface area contributed by atoms with Gasteiger partial charge in [-0.05, 0) is 24.6 Å². The molecule has 13 heteroatoms. The summed E-state index contributed by atoms with van der Waals surface area (Å²) >= 11 is 0. The monoisotopic (exact) mass is 485 g/mol. The zero-order valence-electron chi connectivity index (χ0n) is 19.1. The van der Waals surface area contributed by atoms with E-state index in [1.807, 2.05) is 0 Å². The van der Waals surface area contributed by atoms with E-state index in [4.69, 9.17) is 15.2 Å². The SMILES string of the molecule is NCCOCCOCCn1cc(CNc2ccc3c(c2)C(=O)N(C2CCC(=O)NC2=O)C3=O)nn1. The van der Waals surface area contributed by atoms with Crippen LogP contribution in [0.4, 0.5) is 5.69 Å². The molecule has 186 valence electrons. The Balaban J connectivity index is 1.29. The van der Waals surface area contributed by atoms with Crippen molar-refractivity contribution in [3.63, 3.8) is 0 Å². The van der Waals surface area contributed by atoms with Crippen molar-refractivity contribution in [1.29, 1.82) is 0 Å². The number of piperidine rings is 1. The summed E-state index contributed by atoms with van der Waals surface area (Å²) in [7, 11) is 0. The number of imide groups is 2. The van der Waals surface area contributed by atoms with Crippen molar-refractivity contribution < 1.29 is 28.7 Å². The van der Waals surface area contributed by atoms with Gasteiger partial charge in [-0.2, -0.15) is 0 Å². The Bertz CT molecular complexity index is 1120. The fraction of sp³-hybridized carbons (Fsp3) is 0.455. The van der Waals surface area contributed by atoms with Crippen molar-refractivity contribution in [2.75, 3.05) is 38.3 Å². The van der Waals surface area contributed by atoms with Crippen LogP contribution in [0.1, 0.15) is 39.3 Å². The molecule has 0 radical (unpaired) electrons. The van der Waals surface area contributed by atoms with Gasteiger partial charge < -0.3 is 20.5 Å². The molecule has 0 saturated carbocycles. The lowest BCUT2D eigenvalue weighted by Crippen LogP contribution is -2.54. The molecule has 4 rings (SSSR count). The van der Waals surface area contributed by atoms with Gasteiger partial charge in [0.25, 0.3) is 11.8 Å². The van der Waals surface area contributed by atoms with Crippen LogP contribution in [0.3, 0.4) is 0 Å². The van der Waals surface area contributed by atoms with Crippen molar-refractivity contribution >= 4 is 29.3 Å². The summed E-state index contributed by atoms with van der Waals surface area (Å²) in [5, 5.41) is 13.5. The first-order valence-electron chi connectivity index (χ1n) is 11.3. The molecule has 1 aromatic carbocycles. The Morgan fingerprint density at radius 1 is 1.06 bits per heavy atom. The quantitative estimate of drug-likeness (QED) is 0.257. The molecule has 0 aliphatic carbocycles. The third-order valence-electron chi connectivity index (χ3n) is 5.60. The minimum Gasteiger partial charge on any atom is -0.379 e. The lowest BCUT2D eigenvalue weighted by molar-refractivity contribution is -0.136. The van der Waals surface area contributed by atoms with Gasteiger partial charge in [0, 0.05) is 18.7 Å². The van der Waals surface area contributed by atoms with Crippen molar-refractivity contribution in [2.45, 2.75) is 32.0 Å². The van der Waals surface area contributed by atoms with Gasteiger partial charge in [0.2, 0.25) is 11.8 Å². The van der Waals surface area contributed by atoms with Gasteiger partial charge in [-0.3, -0.25) is 29.4 Å². The standard InChI is InChI=1S/C22H27N7O6/c23-5-7-34-9-10-35-8-6-28-13-15(26-27-28)12-24-14-1-2-16-17(11-14)22(33)29(21(16)32)18-3-4-19(30)25-20(18)31/h1-2,11,13,18,24H,3-10,12,23H2,(H,25,30,31). The highest BCUT2D eigenvalue weighted by molar-refractivity contribution is 6.23. The molecule has 1 aromatic heterocycles. The molecule has 1 fully saturated rings. The molecule has 2 aliphatic heterocycles. The number of nitrogens with zero attached hydrogens (tertiary/aromatic N) is 4. The number of hydrogen-bond acceptors (Lipinski definition) is 10. The maximum absolute atomic E-state index is 12.9. The van der Waals surface area contributed by atoms with E-state index in [0.717, 1.165) is 4.90 Å². The van der Waals surface area contributed by atoms with Crippen LogP contribution >= 0.6 is 0 Å². The van der Waals surface area contributed by atoms with Crippen LogP contribution in [-0.2, 0) is 32.2 Å². The summed E-state index contributed by atoms with van der Waals surface area (Å²) in [6, 6.07) is 3.82. The number of ether oxygens (including phenoxy) is 2. The molecule has 35 heavy (non-hydrogen) atoms. The predicted molar refractivity (Wildman–Crippen MR) is 121 cm³/mol. The number of rotatable bonds is 12. The van der Waals surface area contributed by atoms with Crippen molar-refractivity contribution in [3.05, 3.63) is 41.2 Å². The van der Waals surface area contributed by atoms with Crippen LogP contribution in [0.2, 0.25) is 0 Å². The van der Waals surface area contributed by atoms with E-state index in [9.17, 15) is 19.2 Å². The average Bonchev–Trinajstić information content (AvgIpc) is 3.40.